The lowest BCUT2D eigenvalue weighted by Crippen LogP contribution is -2.10. The number of hydrogen-bond acceptors (Lipinski definition) is 3. The summed E-state index contributed by atoms with van der Waals surface area (Å²) in [5.41, 5.74) is 3.48. The van der Waals surface area contributed by atoms with Gasteiger partial charge < -0.3 is 9.47 Å². The lowest BCUT2D eigenvalue weighted by Gasteiger charge is -2.19. The molecule has 0 atom stereocenters. The monoisotopic (exact) mass is 355 g/mol. The maximum Gasteiger partial charge on any atom is 0.257 e. The van der Waals surface area contributed by atoms with Crippen LogP contribution in [0.1, 0.15) is 65.9 Å². The molecule has 142 valence electrons. The van der Waals surface area contributed by atoms with Gasteiger partial charge in [-0.15, -0.1) is 0 Å². The molecule has 26 heavy (non-hydrogen) atoms. The predicted octanol–water partition coefficient (Wildman–Crippen LogP) is 6.40. The average molecular weight is 356 g/mol. The number of hydrogen-bond donors (Lipinski definition) is 0. The van der Waals surface area contributed by atoms with Crippen molar-refractivity contribution in [2.75, 3.05) is 13.2 Å². The largest absolute Gasteiger partial charge is 0.488 e. The van der Waals surface area contributed by atoms with Crippen molar-refractivity contribution in [3.63, 3.8) is 0 Å². The molecule has 2 aromatic rings. The van der Waals surface area contributed by atoms with Crippen LogP contribution in [-0.4, -0.2) is 18.2 Å². The first-order chi connectivity index (χ1) is 12.5. The number of benzene rings is 1. The SMILES string of the molecule is CCCCOc1ccc(-c2ccc(C(C)(C)C)cc2)nc1OCCCC. The van der Waals surface area contributed by atoms with Crippen molar-refractivity contribution in [2.24, 2.45) is 0 Å². The fourth-order valence-electron chi connectivity index (χ4n) is 2.58. The maximum atomic E-state index is 5.91. The predicted molar refractivity (Wildman–Crippen MR) is 109 cm³/mol. The molecule has 0 fully saturated rings. The standard InChI is InChI=1S/C23H33NO2/c1-6-8-16-25-21-15-14-20(24-22(21)26-17-9-7-2)18-10-12-19(13-11-18)23(3,4)5/h10-15H,6-9,16-17H2,1-5H3. The third-order valence-corrected chi connectivity index (χ3v) is 4.36. The lowest BCUT2D eigenvalue weighted by atomic mass is 9.86. The number of pyridine rings is 1. The topological polar surface area (TPSA) is 31.4 Å². The summed E-state index contributed by atoms with van der Waals surface area (Å²) in [6, 6.07) is 12.6. The van der Waals surface area contributed by atoms with Gasteiger partial charge in [0.05, 0.1) is 18.9 Å². The fraction of sp³-hybridized carbons (Fsp3) is 0.522. The molecular weight excluding hydrogens is 322 g/mol. The molecule has 1 aromatic carbocycles. The number of rotatable bonds is 9. The van der Waals surface area contributed by atoms with Gasteiger partial charge in [0.1, 0.15) is 0 Å². The van der Waals surface area contributed by atoms with Crippen LogP contribution in [0.25, 0.3) is 11.3 Å². The summed E-state index contributed by atoms with van der Waals surface area (Å²) in [6.07, 6.45) is 4.25. The highest BCUT2D eigenvalue weighted by atomic mass is 16.5. The molecule has 0 saturated carbocycles. The van der Waals surface area contributed by atoms with Gasteiger partial charge in [0.15, 0.2) is 5.75 Å². The Morgan fingerprint density at radius 1 is 0.808 bits per heavy atom. The quantitative estimate of drug-likeness (QED) is 0.487. The normalized spacial score (nSPS) is 11.4. The van der Waals surface area contributed by atoms with E-state index in [0.29, 0.717) is 19.1 Å². The van der Waals surface area contributed by atoms with Crippen LogP contribution in [0.4, 0.5) is 0 Å². The van der Waals surface area contributed by atoms with E-state index >= 15 is 0 Å². The summed E-state index contributed by atoms with van der Waals surface area (Å²) in [7, 11) is 0. The van der Waals surface area contributed by atoms with E-state index in [1.165, 1.54) is 5.56 Å². The third kappa shape index (κ3) is 5.76. The van der Waals surface area contributed by atoms with E-state index in [-0.39, 0.29) is 5.41 Å². The van der Waals surface area contributed by atoms with E-state index in [2.05, 4.69) is 58.9 Å². The van der Waals surface area contributed by atoms with Crippen molar-refractivity contribution in [2.45, 2.75) is 65.7 Å². The maximum absolute atomic E-state index is 5.91. The summed E-state index contributed by atoms with van der Waals surface area (Å²) >= 11 is 0. The summed E-state index contributed by atoms with van der Waals surface area (Å²) in [6.45, 7) is 12.3. The van der Waals surface area contributed by atoms with Crippen molar-refractivity contribution >= 4 is 0 Å². The molecule has 0 unspecified atom stereocenters. The van der Waals surface area contributed by atoms with Gasteiger partial charge in [0, 0.05) is 5.56 Å². The van der Waals surface area contributed by atoms with Crippen LogP contribution in [0.5, 0.6) is 11.6 Å². The van der Waals surface area contributed by atoms with Gasteiger partial charge in [0.25, 0.3) is 5.88 Å². The summed E-state index contributed by atoms with van der Waals surface area (Å²) in [5.74, 6) is 1.34. The Morgan fingerprint density at radius 3 is 2.00 bits per heavy atom. The van der Waals surface area contributed by atoms with E-state index in [4.69, 9.17) is 14.5 Å². The minimum absolute atomic E-state index is 0.150. The van der Waals surface area contributed by atoms with Gasteiger partial charge >= 0.3 is 0 Å². The van der Waals surface area contributed by atoms with Crippen LogP contribution in [0.15, 0.2) is 36.4 Å². The van der Waals surface area contributed by atoms with Crippen molar-refractivity contribution in [3.8, 4) is 22.9 Å². The van der Waals surface area contributed by atoms with Gasteiger partial charge in [-0.05, 0) is 36.0 Å². The van der Waals surface area contributed by atoms with Gasteiger partial charge in [0.2, 0.25) is 0 Å². The molecule has 2 rings (SSSR count). The molecule has 0 aliphatic heterocycles. The number of unbranched alkanes of at least 4 members (excludes halogenated alkanes) is 2. The molecule has 1 aromatic heterocycles. The minimum Gasteiger partial charge on any atom is -0.488 e. The molecule has 0 saturated heterocycles. The summed E-state index contributed by atoms with van der Waals surface area (Å²) < 4.78 is 11.8. The van der Waals surface area contributed by atoms with Crippen LogP contribution < -0.4 is 9.47 Å². The van der Waals surface area contributed by atoms with E-state index in [9.17, 15) is 0 Å². The zero-order valence-corrected chi connectivity index (χ0v) is 17.0. The molecule has 1 heterocycles. The Morgan fingerprint density at radius 2 is 1.42 bits per heavy atom. The molecule has 0 amide bonds. The average Bonchev–Trinajstić information content (AvgIpc) is 2.62. The van der Waals surface area contributed by atoms with Crippen LogP contribution >= 0.6 is 0 Å². The molecule has 0 radical (unpaired) electrons. The van der Waals surface area contributed by atoms with Gasteiger partial charge in [-0.25, -0.2) is 4.98 Å². The van der Waals surface area contributed by atoms with E-state index < -0.39 is 0 Å². The Bertz CT molecular complexity index is 672. The van der Waals surface area contributed by atoms with E-state index in [0.717, 1.165) is 42.7 Å². The van der Waals surface area contributed by atoms with Crippen LogP contribution in [0, 0.1) is 0 Å². The van der Waals surface area contributed by atoms with Crippen molar-refractivity contribution in [1.29, 1.82) is 0 Å². The zero-order valence-electron chi connectivity index (χ0n) is 17.0. The Kier molecular flexibility index (Phi) is 7.50. The lowest BCUT2D eigenvalue weighted by molar-refractivity contribution is 0.253. The zero-order chi connectivity index (χ0) is 19.0. The Labute approximate surface area is 158 Å². The first-order valence-corrected chi connectivity index (χ1v) is 9.83. The first-order valence-electron chi connectivity index (χ1n) is 9.83. The summed E-state index contributed by atoms with van der Waals surface area (Å²) in [4.78, 5) is 4.74. The van der Waals surface area contributed by atoms with Crippen LogP contribution in [-0.2, 0) is 5.41 Å². The number of nitrogens with zero attached hydrogens (tertiary/aromatic N) is 1. The molecular formula is C23H33NO2. The van der Waals surface area contributed by atoms with Crippen LogP contribution in [0.3, 0.4) is 0 Å². The van der Waals surface area contributed by atoms with E-state index in [1.807, 2.05) is 12.1 Å². The highest BCUT2D eigenvalue weighted by Gasteiger charge is 2.14. The second kappa shape index (κ2) is 9.61. The third-order valence-electron chi connectivity index (χ3n) is 4.36. The molecule has 3 heteroatoms. The van der Waals surface area contributed by atoms with Gasteiger partial charge in [-0.1, -0.05) is 71.7 Å². The van der Waals surface area contributed by atoms with Crippen LogP contribution in [0.2, 0.25) is 0 Å². The highest BCUT2D eigenvalue weighted by molar-refractivity contribution is 5.61. The molecule has 0 spiro atoms. The number of aromatic nitrogens is 1. The second-order valence-electron chi connectivity index (χ2n) is 7.73. The molecule has 0 aliphatic carbocycles. The second-order valence-corrected chi connectivity index (χ2v) is 7.73. The van der Waals surface area contributed by atoms with Crippen molar-refractivity contribution < 1.29 is 9.47 Å². The smallest absolute Gasteiger partial charge is 0.257 e. The Hall–Kier alpha value is -2.03. The van der Waals surface area contributed by atoms with Gasteiger partial charge in [-0.3, -0.25) is 0 Å². The summed E-state index contributed by atoms with van der Waals surface area (Å²) in [5, 5.41) is 0. The minimum atomic E-state index is 0.150. The molecule has 3 nitrogen and oxygen atoms in total. The highest BCUT2D eigenvalue weighted by Crippen LogP contribution is 2.31. The van der Waals surface area contributed by atoms with E-state index in [1.54, 1.807) is 0 Å². The fourth-order valence-corrected chi connectivity index (χ4v) is 2.58. The van der Waals surface area contributed by atoms with Gasteiger partial charge in [-0.2, -0.15) is 0 Å². The molecule has 0 bridgehead atoms. The van der Waals surface area contributed by atoms with Crippen molar-refractivity contribution in [3.05, 3.63) is 42.0 Å². The first kappa shape index (κ1) is 20.3. The Balaban J connectivity index is 2.23. The molecule has 0 N–H and O–H groups in total. The van der Waals surface area contributed by atoms with Crippen molar-refractivity contribution in [1.82, 2.24) is 4.98 Å². The number of ether oxygens (including phenoxy) is 2. The molecule has 0 aliphatic rings.